The van der Waals surface area contributed by atoms with Gasteiger partial charge in [0.05, 0.1) is 17.7 Å². The molecule has 2 aliphatic rings. The van der Waals surface area contributed by atoms with Gasteiger partial charge in [-0.2, -0.15) is 0 Å². The number of benzene rings is 2. The number of aryl methyl sites for hydroxylation is 2. The predicted octanol–water partition coefficient (Wildman–Crippen LogP) is 4.04. The van der Waals surface area contributed by atoms with E-state index >= 15 is 0 Å². The lowest BCUT2D eigenvalue weighted by atomic mass is 9.79. The van der Waals surface area contributed by atoms with Gasteiger partial charge in [-0.15, -0.1) is 11.3 Å². The molecule has 0 spiro atoms. The molecule has 0 fully saturated rings. The molecule has 8 heteroatoms. The van der Waals surface area contributed by atoms with Crippen LogP contribution in [0.2, 0.25) is 0 Å². The molecule has 31 heavy (non-hydrogen) atoms. The number of carbonyl (C=O) groups is 2. The molecule has 158 valence electrons. The highest BCUT2D eigenvalue weighted by molar-refractivity contribution is 7.15. The average Bonchev–Trinajstić information content (AvgIpc) is 3.35. The van der Waals surface area contributed by atoms with Gasteiger partial charge < -0.3 is 19.7 Å². The Labute approximate surface area is 183 Å². The molecule has 0 aliphatic carbocycles. The highest BCUT2D eigenvalue weighted by Crippen LogP contribution is 2.45. The van der Waals surface area contributed by atoms with Crippen molar-refractivity contribution in [2.24, 2.45) is 0 Å². The monoisotopic (exact) mass is 435 g/mol. The molecule has 2 aliphatic heterocycles. The Morgan fingerprint density at radius 3 is 2.71 bits per heavy atom. The molecule has 3 heterocycles. The number of amides is 2. The standard InChI is InChI=1S/C23H21N3O4S/c1-12-13(2)31-23(24-12)25-21(27)19-15-6-4-5-7-16(15)22(28)26(3)20(19)14-8-9-17-18(10-14)30-11-29-17/h4-10,19-20H,11H2,1-3H3,(H,24,25,27). The first-order valence-corrected chi connectivity index (χ1v) is 10.8. The average molecular weight is 436 g/mol. The third-order valence-electron chi connectivity index (χ3n) is 5.86. The van der Waals surface area contributed by atoms with E-state index in [2.05, 4.69) is 10.3 Å². The van der Waals surface area contributed by atoms with Crippen molar-refractivity contribution in [2.75, 3.05) is 19.2 Å². The Hall–Kier alpha value is -3.39. The molecule has 0 bridgehead atoms. The Morgan fingerprint density at radius 2 is 1.94 bits per heavy atom. The van der Waals surface area contributed by atoms with E-state index in [9.17, 15) is 9.59 Å². The third-order valence-corrected chi connectivity index (χ3v) is 6.85. The molecule has 3 aromatic rings. The van der Waals surface area contributed by atoms with E-state index in [1.165, 1.54) is 11.3 Å². The molecule has 0 saturated heterocycles. The zero-order valence-electron chi connectivity index (χ0n) is 17.3. The van der Waals surface area contributed by atoms with Crippen LogP contribution in [-0.4, -0.2) is 35.5 Å². The lowest BCUT2D eigenvalue weighted by Gasteiger charge is -2.39. The van der Waals surface area contributed by atoms with Crippen molar-refractivity contribution in [1.29, 1.82) is 0 Å². The summed E-state index contributed by atoms with van der Waals surface area (Å²) in [5.74, 6) is 0.335. The molecule has 7 nitrogen and oxygen atoms in total. The van der Waals surface area contributed by atoms with Crippen LogP contribution in [0.1, 0.15) is 44.0 Å². The van der Waals surface area contributed by atoms with Crippen LogP contribution in [0, 0.1) is 13.8 Å². The molecule has 2 amide bonds. The molecule has 0 saturated carbocycles. The summed E-state index contributed by atoms with van der Waals surface area (Å²) in [6, 6.07) is 12.3. The lowest BCUT2D eigenvalue weighted by molar-refractivity contribution is -0.119. The van der Waals surface area contributed by atoms with Gasteiger partial charge in [0.1, 0.15) is 0 Å². The number of thiazole rings is 1. The van der Waals surface area contributed by atoms with E-state index in [1.54, 1.807) is 18.0 Å². The van der Waals surface area contributed by atoms with E-state index in [-0.39, 0.29) is 18.6 Å². The van der Waals surface area contributed by atoms with Crippen LogP contribution < -0.4 is 14.8 Å². The van der Waals surface area contributed by atoms with Crippen molar-refractivity contribution >= 4 is 28.3 Å². The zero-order chi connectivity index (χ0) is 21.7. The molecule has 2 aromatic carbocycles. The summed E-state index contributed by atoms with van der Waals surface area (Å²) in [6.45, 7) is 4.05. The Balaban J connectivity index is 1.60. The van der Waals surface area contributed by atoms with Crippen LogP contribution in [0.4, 0.5) is 5.13 Å². The number of hydrogen-bond acceptors (Lipinski definition) is 6. The third kappa shape index (κ3) is 3.23. The summed E-state index contributed by atoms with van der Waals surface area (Å²) in [7, 11) is 1.73. The molecule has 1 N–H and O–H groups in total. The number of nitrogens with zero attached hydrogens (tertiary/aromatic N) is 2. The number of anilines is 1. The number of rotatable bonds is 3. The Bertz CT molecular complexity index is 1190. The SMILES string of the molecule is Cc1nc(NC(=O)C2c3ccccc3C(=O)N(C)C2c2ccc3c(c2)OCO3)sc1C. The highest BCUT2D eigenvalue weighted by atomic mass is 32.1. The van der Waals surface area contributed by atoms with E-state index in [1.807, 2.05) is 50.2 Å². The quantitative estimate of drug-likeness (QED) is 0.672. The van der Waals surface area contributed by atoms with Crippen molar-refractivity contribution in [1.82, 2.24) is 9.88 Å². The largest absolute Gasteiger partial charge is 0.454 e. The number of aromatic nitrogens is 1. The summed E-state index contributed by atoms with van der Waals surface area (Å²) < 4.78 is 11.0. The van der Waals surface area contributed by atoms with Crippen LogP contribution >= 0.6 is 11.3 Å². The van der Waals surface area contributed by atoms with E-state index < -0.39 is 12.0 Å². The highest BCUT2D eigenvalue weighted by Gasteiger charge is 2.43. The van der Waals surface area contributed by atoms with Crippen LogP contribution in [0.25, 0.3) is 0 Å². The summed E-state index contributed by atoms with van der Waals surface area (Å²) in [6.07, 6.45) is 0. The summed E-state index contributed by atoms with van der Waals surface area (Å²) in [5.41, 5.74) is 2.94. The smallest absolute Gasteiger partial charge is 0.254 e. The first kappa shape index (κ1) is 19.6. The second-order valence-corrected chi connectivity index (χ2v) is 8.89. The van der Waals surface area contributed by atoms with Crippen molar-refractivity contribution in [3.8, 4) is 11.5 Å². The maximum atomic E-state index is 13.6. The minimum Gasteiger partial charge on any atom is -0.454 e. The molecule has 5 rings (SSSR count). The molecular formula is C23H21N3O4S. The Morgan fingerprint density at radius 1 is 1.16 bits per heavy atom. The maximum Gasteiger partial charge on any atom is 0.254 e. The van der Waals surface area contributed by atoms with Crippen LogP contribution in [0.5, 0.6) is 11.5 Å². The fourth-order valence-electron chi connectivity index (χ4n) is 4.18. The van der Waals surface area contributed by atoms with Gasteiger partial charge in [0, 0.05) is 17.5 Å². The number of carbonyl (C=O) groups excluding carboxylic acids is 2. The van der Waals surface area contributed by atoms with E-state index in [0.29, 0.717) is 27.8 Å². The summed E-state index contributed by atoms with van der Waals surface area (Å²) in [4.78, 5) is 33.9. The summed E-state index contributed by atoms with van der Waals surface area (Å²) in [5, 5.41) is 3.53. The second-order valence-electron chi connectivity index (χ2n) is 7.69. The van der Waals surface area contributed by atoms with Gasteiger partial charge in [0.15, 0.2) is 16.6 Å². The number of hydrogen-bond donors (Lipinski definition) is 1. The number of ether oxygens (including phenoxy) is 2. The van der Waals surface area contributed by atoms with Gasteiger partial charge in [0.2, 0.25) is 12.7 Å². The van der Waals surface area contributed by atoms with Gasteiger partial charge in [-0.05, 0) is 43.2 Å². The number of likely N-dealkylation sites (N-methyl/N-ethyl adjacent to an activating group) is 1. The number of fused-ring (bicyclic) bond motifs is 2. The van der Waals surface area contributed by atoms with Crippen LogP contribution in [-0.2, 0) is 4.79 Å². The minimum atomic E-state index is -0.608. The number of nitrogens with one attached hydrogen (secondary N) is 1. The van der Waals surface area contributed by atoms with Gasteiger partial charge in [-0.25, -0.2) is 4.98 Å². The fourth-order valence-corrected chi connectivity index (χ4v) is 5.00. The summed E-state index contributed by atoms with van der Waals surface area (Å²) >= 11 is 1.44. The topological polar surface area (TPSA) is 80.8 Å². The van der Waals surface area contributed by atoms with Gasteiger partial charge in [-0.1, -0.05) is 24.3 Å². The van der Waals surface area contributed by atoms with Crippen molar-refractivity contribution in [2.45, 2.75) is 25.8 Å². The normalized spacial score (nSPS) is 19.3. The molecular weight excluding hydrogens is 414 g/mol. The Kier molecular flexibility index (Phi) is 4.66. The van der Waals surface area contributed by atoms with E-state index in [4.69, 9.17) is 9.47 Å². The minimum absolute atomic E-state index is 0.122. The van der Waals surface area contributed by atoms with Gasteiger partial charge in [-0.3, -0.25) is 9.59 Å². The fraction of sp³-hybridized carbons (Fsp3) is 0.261. The second kappa shape index (κ2) is 7.39. The van der Waals surface area contributed by atoms with Crippen LogP contribution in [0.15, 0.2) is 42.5 Å². The lowest BCUT2D eigenvalue weighted by Crippen LogP contribution is -2.44. The van der Waals surface area contributed by atoms with Gasteiger partial charge >= 0.3 is 0 Å². The van der Waals surface area contributed by atoms with Crippen LogP contribution in [0.3, 0.4) is 0 Å². The molecule has 2 unspecified atom stereocenters. The van der Waals surface area contributed by atoms with Crippen molar-refractivity contribution in [3.05, 3.63) is 69.7 Å². The molecule has 2 atom stereocenters. The maximum absolute atomic E-state index is 13.6. The van der Waals surface area contributed by atoms with Crippen molar-refractivity contribution < 1.29 is 19.1 Å². The zero-order valence-corrected chi connectivity index (χ0v) is 18.2. The first-order chi connectivity index (χ1) is 14.9. The predicted molar refractivity (Wildman–Crippen MR) is 117 cm³/mol. The first-order valence-electron chi connectivity index (χ1n) is 9.94. The molecule has 1 aromatic heterocycles. The van der Waals surface area contributed by atoms with Crippen molar-refractivity contribution in [3.63, 3.8) is 0 Å². The molecule has 0 radical (unpaired) electrons. The van der Waals surface area contributed by atoms with Gasteiger partial charge in [0.25, 0.3) is 5.91 Å². The van der Waals surface area contributed by atoms with E-state index in [0.717, 1.165) is 16.1 Å².